The first-order valence-corrected chi connectivity index (χ1v) is 12.1. The van der Waals surface area contributed by atoms with E-state index in [2.05, 4.69) is 27.6 Å². The third-order valence-corrected chi connectivity index (χ3v) is 6.58. The molecule has 9 heteroatoms. The molecule has 3 rings (SSSR count). The maximum atomic E-state index is 12.7. The van der Waals surface area contributed by atoms with Crippen molar-refractivity contribution in [3.8, 4) is 0 Å². The number of nitrogens with zero attached hydrogens (tertiary/aromatic N) is 4. The average Bonchev–Trinajstić information content (AvgIpc) is 3.44. The fourth-order valence-corrected chi connectivity index (χ4v) is 4.64. The van der Waals surface area contributed by atoms with Gasteiger partial charge < -0.3 is 14.8 Å². The number of thioether (sulfide) groups is 1. The standard InChI is InChI=1S/C22H27N5O2S2/c1-3-26(15-20(28)23-14-18-11-8-12-30-18)21(29)16-31-22-25-24-19(27(22)4-2)13-17-9-6-5-7-10-17/h5-12H,3-4,13-16H2,1-2H3,(H,23,28). The van der Waals surface area contributed by atoms with Crippen LogP contribution in [-0.4, -0.2) is 50.3 Å². The zero-order valence-corrected chi connectivity index (χ0v) is 19.4. The highest BCUT2D eigenvalue weighted by Gasteiger charge is 2.18. The first kappa shape index (κ1) is 23.0. The maximum Gasteiger partial charge on any atom is 0.239 e. The van der Waals surface area contributed by atoms with Crippen LogP contribution in [0.25, 0.3) is 0 Å². The molecule has 0 aliphatic rings. The number of rotatable bonds is 11. The van der Waals surface area contributed by atoms with Crippen LogP contribution in [0, 0.1) is 0 Å². The van der Waals surface area contributed by atoms with Crippen molar-refractivity contribution in [1.82, 2.24) is 25.0 Å². The lowest BCUT2D eigenvalue weighted by Gasteiger charge is -2.20. The zero-order valence-electron chi connectivity index (χ0n) is 17.8. The Kier molecular flexibility index (Phi) is 8.66. The van der Waals surface area contributed by atoms with Gasteiger partial charge in [0.15, 0.2) is 5.16 Å². The molecular weight excluding hydrogens is 430 g/mol. The second-order valence-corrected chi connectivity index (χ2v) is 8.83. The third-order valence-electron chi connectivity index (χ3n) is 4.75. The van der Waals surface area contributed by atoms with Crippen molar-refractivity contribution in [2.24, 2.45) is 0 Å². The van der Waals surface area contributed by atoms with Crippen LogP contribution in [0.3, 0.4) is 0 Å². The van der Waals surface area contributed by atoms with Crippen molar-refractivity contribution >= 4 is 34.9 Å². The smallest absolute Gasteiger partial charge is 0.239 e. The van der Waals surface area contributed by atoms with Gasteiger partial charge in [0.05, 0.1) is 18.8 Å². The molecule has 0 atom stereocenters. The molecule has 0 fully saturated rings. The van der Waals surface area contributed by atoms with Crippen molar-refractivity contribution in [3.05, 3.63) is 64.1 Å². The van der Waals surface area contributed by atoms with Crippen LogP contribution in [-0.2, 0) is 29.1 Å². The summed E-state index contributed by atoms with van der Waals surface area (Å²) < 4.78 is 2.04. The van der Waals surface area contributed by atoms with E-state index in [4.69, 9.17) is 0 Å². The molecular formula is C22H27N5O2S2. The molecule has 0 bridgehead atoms. The first-order chi connectivity index (χ1) is 15.1. The van der Waals surface area contributed by atoms with E-state index in [1.165, 1.54) is 17.3 Å². The molecule has 2 heterocycles. The highest BCUT2D eigenvalue weighted by Crippen LogP contribution is 2.19. The van der Waals surface area contributed by atoms with Crippen LogP contribution in [0.5, 0.6) is 0 Å². The summed E-state index contributed by atoms with van der Waals surface area (Å²) in [5.41, 5.74) is 1.17. The number of hydrogen-bond acceptors (Lipinski definition) is 6. The molecule has 0 spiro atoms. The third kappa shape index (κ3) is 6.67. The van der Waals surface area contributed by atoms with Gasteiger partial charge in [0, 0.05) is 24.4 Å². The van der Waals surface area contributed by atoms with Crippen LogP contribution < -0.4 is 5.32 Å². The Bertz CT molecular complexity index is 973. The van der Waals surface area contributed by atoms with Gasteiger partial charge in [-0.15, -0.1) is 21.5 Å². The lowest BCUT2D eigenvalue weighted by molar-refractivity contribution is -0.133. The van der Waals surface area contributed by atoms with Gasteiger partial charge in [0.2, 0.25) is 11.8 Å². The number of carbonyl (C=O) groups is 2. The minimum absolute atomic E-state index is 0.0565. The first-order valence-electron chi connectivity index (χ1n) is 10.3. The predicted molar refractivity (Wildman–Crippen MR) is 124 cm³/mol. The molecule has 0 aliphatic carbocycles. The SMILES string of the molecule is CCN(CC(=O)NCc1cccs1)C(=O)CSc1nnc(Cc2ccccc2)n1CC. The van der Waals surface area contributed by atoms with Gasteiger partial charge >= 0.3 is 0 Å². The molecule has 164 valence electrons. The highest BCUT2D eigenvalue weighted by atomic mass is 32.2. The minimum atomic E-state index is -0.157. The van der Waals surface area contributed by atoms with Crippen LogP contribution in [0.1, 0.15) is 30.1 Å². The van der Waals surface area contributed by atoms with E-state index in [-0.39, 0.29) is 24.1 Å². The van der Waals surface area contributed by atoms with Crippen LogP contribution in [0.2, 0.25) is 0 Å². The number of benzene rings is 1. The van der Waals surface area contributed by atoms with Gasteiger partial charge in [0.1, 0.15) is 5.82 Å². The van der Waals surface area contributed by atoms with Crippen LogP contribution in [0.4, 0.5) is 0 Å². The Morgan fingerprint density at radius 2 is 1.94 bits per heavy atom. The van der Waals surface area contributed by atoms with Crippen molar-refractivity contribution in [2.75, 3.05) is 18.8 Å². The number of thiophene rings is 1. The Morgan fingerprint density at radius 3 is 2.61 bits per heavy atom. The van der Waals surface area contributed by atoms with Crippen LogP contribution >= 0.6 is 23.1 Å². The molecule has 3 aromatic rings. The Morgan fingerprint density at radius 1 is 1.13 bits per heavy atom. The summed E-state index contributed by atoms with van der Waals surface area (Å²) in [6, 6.07) is 14.1. The summed E-state index contributed by atoms with van der Waals surface area (Å²) in [5.74, 6) is 0.851. The Labute approximate surface area is 190 Å². The van der Waals surface area contributed by atoms with E-state index in [1.807, 2.05) is 54.1 Å². The van der Waals surface area contributed by atoms with Gasteiger partial charge in [0.25, 0.3) is 0 Å². The van der Waals surface area contributed by atoms with Gasteiger partial charge in [-0.3, -0.25) is 9.59 Å². The minimum Gasteiger partial charge on any atom is -0.350 e. The second-order valence-electron chi connectivity index (χ2n) is 6.86. The normalized spacial score (nSPS) is 10.8. The number of amides is 2. The van der Waals surface area contributed by atoms with E-state index >= 15 is 0 Å². The molecule has 0 aliphatic heterocycles. The molecule has 2 aromatic heterocycles. The van der Waals surface area contributed by atoms with Gasteiger partial charge in [-0.05, 0) is 30.9 Å². The number of likely N-dealkylation sites (N-methyl/N-ethyl adjacent to an activating group) is 1. The fourth-order valence-electron chi connectivity index (χ4n) is 3.07. The van der Waals surface area contributed by atoms with Crippen molar-refractivity contribution in [2.45, 2.75) is 38.5 Å². The van der Waals surface area contributed by atoms with Crippen LogP contribution in [0.15, 0.2) is 53.0 Å². The summed E-state index contributed by atoms with van der Waals surface area (Å²) in [4.78, 5) is 27.6. The van der Waals surface area contributed by atoms with E-state index in [0.717, 1.165) is 22.4 Å². The highest BCUT2D eigenvalue weighted by molar-refractivity contribution is 7.99. The molecule has 31 heavy (non-hydrogen) atoms. The largest absolute Gasteiger partial charge is 0.350 e. The molecule has 2 amide bonds. The molecule has 0 saturated carbocycles. The zero-order chi connectivity index (χ0) is 22.1. The summed E-state index contributed by atoms with van der Waals surface area (Å²) in [6.45, 7) is 5.67. The fraction of sp³-hybridized carbons (Fsp3) is 0.364. The number of carbonyl (C=O) groups excluding carboxylic acids is 2. The number of aromatic nitrogens is 3. The van der Waals surface area contributed by atoms with Gasteiger partial charge in [-0.1, -0.05) is 48.2 Å². The lowest BCUT2D eigenvalue weighted by Crippen LogP contribution is -2.41. The van der Waals surface area contributed by atoms with E-state index in [0.29, 0.717) is 19.5 Å². The number of hydrogen-bond donors (Lipinski definition) is 1. The quantitative estimate of drug-likeness (QED) is 0.447. The molecule has 0 saturated heterocycles. The topological polar surface area (TPSA) is 80.1 Å². The van der Waals surface area contributed by atoms with Gasteiger partial charge in [-0.25, -0.2) is 0 Å². The van der Waals surface area contributed by atoms with Crippen molar-refractivity contribution < 1.29 is 9.59 Å². The second kappa shape index (κ2) is 11.7. The van der Waals surface area contributed by atoms with E-state index in [9.17, 15) is 9.59 Å². The molecule has 0 radical (unpaired) electrons. The Balaban J connectivity index is 1.53. The summed E-state index contributed by atoms with van der Waals surface area (Å²) >= 11 is 2.95. The monoisotopic (exact) mass is 457 g/mol. The van der Waals surface area contributed by atoms with Crippen molar-refractivity contribution in [1.29, 1.82) is 0 Å². The van der Waals surface area contributed by atoms with E-state index < -0.39 is 0 Å². The summed E-state index contributed by atoms with van der Waals surface area (Å²) in [6.07, 6.45) is 0.696. The lowest BCUT2D eigenvalue weighted by atomic mass is 10.1. The molecule has 7 nitrogen and oxygen atoms in total. The predicted octanol–water partition coefficient (Wildman–Crippen LogP) is 3.21. The maximum absolute atomic E-state index is 12.7. The molecule has 1 N–H and O–H groups in total. The van der Waals surface area contributed by atoms with Crippen molar-refractivity contribution in [3.63, 3.8) is 0 Å². The van der Waals surface area contributed by atoms with E-state index in [1.54, 1.807) is 16.2 Å². The molecule has 1 aromatic carbocycles. The van der Waals surface area contributed by atoms with Gasteiger partial charge in [-0.2, -0.15) is 0 Å². The summed E-state index contributed by atoms with van der Waals surface area (Å²) in [5, 5.41) is 14.2. The molecule has 0 unspecified atom stereocenters. The average molecular weight is 458 g/mol. The number of nitrogens with one attached hydrogen (secondary N) is 1. The Hall–Kier alpha value is -2.65. The summed E-state index contributed by atoms with van der Waals surface area (Å²) in [7, 11) is 0.